The topological polar surface area (TPSA) is 47.6 Å². The molecule has 1 aliphatic heterocycles. The zero-order valence-corrected chi connectivity index (χ0v) is 17.9. The summed E-state index contributed by atoms with van der Waals surface area (Å²) in [5.74, 6) is 2.45. The van der Waals surface area contributed by atoms with Crippen LogP contribution in [0.3, 0.4) is 0 Å². The summed E-state index contributed by atoms with van der Waals surface area (Å²) in [7, 11) is -1.75. The van der Waals surface area contributed by atoms with Crippen molar-refractivity contribution in [2.75, 3.05) is 18.1 Å². The number of amides is 1. The van der Waals surface area contributed by atoms with E-state index >= 15 is 0 Å². The molecule has 0 unspecified atom stereocenters. The van der Waals surface area contributed by atoms with Crippen molar-refractivity contribution in [2.45, 2.75) is 77.7 Å². The SMILES string of the molecule is CC(C)(C)OC(=O)N[C@@H]1CSCC[C@H]1CO[Si](C)(C)C(C)(C)C. The van der Waals surface area contributed by atoms with Crippen molar-refractivity contribution >= 4 is 26.2 Å². The Bertz CT molecular complexity index is 402. The van der Waals surface area contributed by atoms with Gasteiger partial charge in [0.05, 0.1) is 0 Å². The number of nitrogens with one attached hydrogen (secondary N) is 1. The maximum atomic E-state index is 12.1. The van der Waals surface area contributed by atoms with Gasteiger partial charge < -0.3 is 14.5 Å². The normalized spacial score (nSPS) is 23.5. The number of carbonyl (C=O) groups is 1. The molecule has 1 aliphatic rings. The van der Waals surface area contributed by atoms with Gasteiger partial charge >= 0.3 is 6.09 Å². The molecule has 1 rings (SSSR count). The van der Waals surface area contributed by atoms with Crippen molar-refractivity contribution in [3.63, 3.8) is 0 Å². The van der Waals surface area contributed by atoms with Crippen molar-refractivity contribution < 1.29 is 14.0 Å². The highest BCUT2D eigenvalue weighted by Crippen LogP contribution is 2.37. The average molecular weight is 362 g/mol. The summed E-state index contributed by atoms with van der Waals surface area (Å²) < 4.78 is 11.8. The largest absolute Gasteiger partial charge is 0.444 e. The Balaban J connectivity index is 2.60. The van der Waals surface area contributed by atoms with Gasteiger partial charge in [0.2, 0.25) is 0 Å². The maximum absolute atomic E-state index is 12.1. The summed E-state index contributed by atoms with van der Waals surface area (Å²) >= 11 is 1.89. The second-order valence-electron chi connectivity index (χ2n) is 8.95. The van der Waals surface area contributed by atoms with Gasteiger partial charge in [0.1, 0.15) is 5.60 Å². The molecule has 0 aliphatic carbocycles. The summed E-state index contributed by atoms with van der Waals surface area (Å²) in [6.07, 6.45) is 0.766. The van der Waals surface area contributed by atoms with E-state index in [1.54, 1.807) is 0 Å². The van der Waals surface area contributed by atoms with Gasteiger partial charge in [-0.3, -0.25) is 0 Å². The first-order chi connectivity index (χ1) is 10.3. The molecule has 0 radical (unpaired) electrons. The Morgan fingerprint density at radius 1 is 1.22 bits per heavy atom. The fourth-order valence-corrected chi connectivity index (χ4v) is 4.44. The first kappa shape index (κ1) is 20.8. The van der Waals surface area contributed by atoms with Gasteiger partial charge in [-0.2, -0.15) is 11.8 Å². The molecule has 136 valence electrons. The molecule has 1 saturated heterocycles. The van der Waals surface area contributed by atoms with E-state index in [0.29, 0.717) is 5.92 Å². The third-order valence-corrected chi connectivity index (χ3v) is 10.3. The van der Waals surface area contributed by atoms with E-state index in [9.17, 15) is 4.79 Å². The van der Waals surface area contributed by atoms with Crippen LogP contribution in [0.4, 0.5) is 4.79 Å². The van der Waals surface area contributed by atoms with Crippen molar-refractivity contribution in [1.29, 1.82) is 0 Å². The summed E-state index contributed by atoms with van der Waals surface area (Å²) in [5, 5.41) is 3.27. The van der Waals surface area contributed by atoms with Crippen LogP contribution < -0.4 is 5.32 Å². The van der Waals surface area contributed by atoms with Crippen LogP contribution in [0.1, 0.15) is 48.0 Å². The summed E-state index contributed by atoms with van der Waals surface area (Å²) in [4.78, 5) is 12.1. The van der Waals surface area contributed by atoms with Crippen molar-refractivity contribution in [3.05, 3.63) is 0 Å². The molecule has 4 nitrogen and oxygen atoms in total. The van der Waals surface area contributed by atoms with Crippen LogP contribution in [0.2, 0.25) is 18.1 Å². The maximum Gasteiger partial charge on any atom is 0.407 e. The van der Waals surface area contributed by atoms with Crippen LogP contribution in [0.25, 0.3) is 0 Å². The Labute approximate surface area is 147 Å². The van der Waals surface area contributed by atoms with E-state index in [1.165, 1.54) is 0 Å². The number of alkyl carbamates (subject to hydrolysis) is 1. The van der Waals surface area contributed by atoms with Gasteiger partial charge in [-0.1, -0.05) is 20.8 Å². The van der Waals surface area contributed by atoms with Crippen molar-refractivity contribution in [1.82, 2.24) is 5.32 Å². The van der Waals surface area contributed by atoms with E-state index in [1.807, 2.05) is 32.5 Å². The van der Waals surface area contributed by atoms with Gasteiger partial charge in [-0.25, -0.2) is 4.79 Å². The third kappa shape index (κ3) is 7.06. The lowest BCUT2D eigenvalue weighted by Gasteiger charge is -2.39. The molecule has 1 fully saturated rings. The van der Waals surface area contributed by atoms with E-state index in [2.05, 4.69) is 39.2 Å². The molecule has 0 spiro atoms. The fourth-order valence-electron chi connectivity index (χ4n) is 2.13. The lowest BCUT2D eigenvalue weighted by molar-refractivity contribution is 0.0479. The molecular formula is C17H35NO3SSi. The molecule has 0 saturated carbocycles. The van der Waals surface area contributed by atoms with Gasteiger partial charge in [0.15, 0.2) is 8.32 Å². The monoisotopic (exact) mass is 361 g/mol. The van der Waals surface area contributed by atoms with E-state index < -0.39 is 13.9 Å². The fraction of sp³-hybridized carbons (Fsp3) is 0.941. The van der Waals surface area contributed by atoms with Gasteiger partial charge in [0.25, 0.3) is 0 Å². The molecule has 1 amide bonds. The average Bonchev–Trinajstić information content (AvgIpc) is 2.34. The molecular weight excluding hydrogens is 326 g/mol. The van der Waals surface area contributed by atoms with E-state index in [0.717, 1.165) is 24.5 Å². The lowest BCUT2D eigenvalue weighted by Crippen LogP contribution is -2.49. The quantitative estimate of drug-likeness (QED) is 0.740. The predicted molar refractivity (Wildman–Crippen MR) is 102 cm³/mol. The van der Waals surface area contributed by atoms with Crippen LogP contribution in [0, 0.1) is 5.92 Å². The van der Waals surface area contributed by atoms with Gasteiger partial charge in [-0.15, -0.1) is 0 Å². The number of hydrogen-bond acceptors (Lipinski definition) is 4. The zero-order valence-electron chi connectivity index (χ0n) is 16.1. The first-order valence-electron chi connectivity index (χ1n) is 8.53. The van der Waals surface area contributed by atoms with Gasteiger partial charge in [0, 0.05) is 24.3 Å². The van der Waals surface area contributed by atoms with Crippen molar-refractivity contribution in [3.8, 4) is 0 Å². The minimum absolute atomic E-state index is 0.133. The molecule has 1 N–H and O–H groups in total. The van der Waals surface area contributed by atoms with Crippen LogP contribution in [-0.2, 0) is 9.16 Å². The third-order valence-electron chi connectivity index (χ3n) is 4.67. The molecule has 2 atom stereocenters. The first-order valence-corrected chi connectivity index (χ1v) is 12.6. The molecule has 0 bridgehead atoms. The highest BCUT2D eigenvalue weighted by molar-refractivity contribution is 7.99. The lowest BCUT2D eigenvalue weighted by atomic mass is 9.99. The smallest absolute Gasteiger partial charge is 0.407 e. The Kier molecular flexibility index (Phi) is 7.05. The van der Waals surface area contributed by atoms with Gasteiger partial charge in [-0.05, 0) is 51.1 Å². The van der Waals surface area contributed by atoms with Crippen LogP contribution >= 0.6 is 11.8 Å². The minimum atomic E-state index is -1.75. The zero-order chi connectivity index (χ0) is 17.9. The molecule has 1 heterocycles. The van der Waals surface area contributed by atoms with E-state index in [4.69, 9.17) is 9.16 Å². The minimum Gasteiger partial charge on any atom is -0.444 e. The Morgan fingerprint density at radius 2 is 1.83 bits per heavy atom. The molecule has 0 aromatic carbocycles. The van der Waals surface area contributed by atoms with Crippen LogP contribution in [0.15, 0.2) is 0 Å². The molecule has 0 aromatic heterocycles. The molecule has 6 heteroatoms. The Hall–Kier alpha value is -0.203. The number of hydrogen-bond donors (Lipinski definition) is 1. The number of carbonyl (C=O) groups excluding carboxylic acids is 1. The number of rotatable bonds is 4. The highest BCUT2D eigenvalue weighted by Gasteiger charge is 2.39. The second-order valence-corrected chi connectivity index (χ2v) is 14.9. The summed E-state index contributed by atoms with van der Waals surface area (Å²) in [6.45, 7) is 17.7. The molecule has 0 aromatic rings. The van der Waals surface area contributed by atoms with Crippen molar-refractivity contribution in [2.24, 2.45) is 5.92 Å². The number of ether oxygens (including phenoxy) is 1. The predicted octanol–water partition coefficient (Wildman–Crippen LogP) is 4.65. The standard InChI is InChI=1S/C17H35NO3SSi/c1-16(2,3)21-15(19)18-14-12-22-10-9-13(14)11-20-23(7,8)17(4,5)6/h13-14H,9-12H2,1-8H3,(H,18,19)/t13-,14+/m0/s1. The summed E-state index contributed by atoms with van der Waals surface area (Å²) in [5.41, 5.74) is -0.459. The number of thioether (sulfide) groups is 1. The molecule has 23 heavy (non-hydrogen) atoms. The second kappa shape index (κ2) is 7.79. The van der Waals surface area contributed by atoms with Crippen LogP contribution in [-0.4, -0.2) is 44.2 Å². The van der Waals surface area contributed by atoms with E-state index in [-0.39, 0.29) is 17.2 Å². The Morgan fingerprint density at radius 3 is 2.35 bits per heavy atom. The van der Waals surface area contributed by atoms with Crippen LogP contribution in [0.5, 0.6) is 0 Å². The summed E-state index contributed by atoms with van der Waals surface area (Å²) in [6, 6.07) is 0.133. The highest BCUT2D eigenvalue weighted by atomic mass is 32.2.